The molecule has 2 aromatic rings. The van der Waals surface area contributed by atoms with Gasteiger partial charge in [-0.2, -0.15) is 0 Å². The average molecular weight is 282 g/mol. The summed E-state index contributed by atoms with van der Waals surface area (Å²) < 4.78 is 0. The number of nitrogens with one attached hydrogen (secondary N) is 1. The van der Waals surface area contributed by atoms with E-state index in [1.807, 2.05) is 55.6 Å². The lowest BCUT2D eigenvalue weighted by atomic mass is 10.0. The van der Waals surface area contributed by atoms with E-state index >= 15 is 0 Å². The Morgan fingerprint density at radius 3 is 2.19 bits per heavy atom. The third kappa shape index (κ3) is 4.17. The van der Waals surface area contributed by atoms with Crippen LogP contribution in [0.4, 0.5) is 5.69 Å². The highest BCUT2D eigenvalue weighted by Crippen LogP contribution is 2.16. The van der Waals surface area contributed by atoms with Crippen LogP contribution in [-0.2, 0) is 4.79 Å². The first-order valence-corrected chi connectivity index (χ1v) is 7.32. The number of carbonyl (C=O) groups excluding carboxylic acids is 1. The first-order valence-electron chi connectivity index (χ1n) is 7.32. The lowest BCUT2D eigenvalue weighted by molar-refractivity contribution is -0.117. The number of rotatable bonds is 6. The molecule has 0 saturated heterocycles. The van der Waals surface area contributed by atoms with Crippen LogP contribution in [0.15, 0.2) is 60.7 Å². The van der Waals surface area contributed by atoms with Gasteiger partial charge < -0.3 is 10.2 Å². The number of para-hydroxylation sites is 1. The van der Waals surface area contributed by atoms with Crippen LogP contribution in [-0.4, -0.2) is 19.5 Å². The summed E-state index contributed by atoms with van der Waals surface area (Å²) in [5.74, 6) is 0.0654. The molecule has 0 fully saturated rings. The second-order valence-electron chi connectivity index (χ2n) is 5.04. The van der Waals surface area contributed by atoms with Crippen molar-refractivity contribution in [2.45, 2.75) is 19.4 Å². The maximum atomic E-state index is 12.3. The van der Waals surface area contributed by atoms with Crippen molar-refractivity contribution in [3.63, 3.8) is 0 Å². The van der Waals surface area contributed by atoms with Gasteiger partial charge in [-0.1, -0.05) is 55.5 Å². The maximum absolute atomic E-state index is 12.3. The molecule has 110 valence electrons. The monoisotopic (exact) mass is 282 g/mol. The summed E-state index contributed by atoms with van der Waals surface area (Å²) in [5.41, 5.74) is 2.13. The number of anilines is 1. The second-order valence-corrected chi connectivity index (χ2v) is 5.04. The van der Waals surface area contributed by atoms with E-state index in [-0.39, 0.29) is 11.9 Å². The Morgan fingerprint density at radius 2 is 1.62 bits per heavy atom. The smallest absolute Gasteiger partial charge is 0.240 e. The van der Waals surface area contributed by atoms with Crippen molar-refractivity contribution in [2.24, 2.45) is 0 Å². The zero-order valence-corrected chi connectivity index (χ0v) is 12.6. The SMILES string of the molecule is CCC(NCC(=O)N(C)c1ccccc1)c1ccccc1. The van der Waals surface area contributed by atoms with E-state index in [2.05, 4.69) is 24.4 Å². The topological polar surface area (TPSA) is 32.3 Å². The van der Waals surface area contributed by atoms with E-state index in [9.17, 15) is 4.79 Å². The Morgan fingerprint density at radius 1 is 1.05 bits per heavy atom. The molecule has 1 amide bonds. The zero-order valence-electron chi connectivity index (χ0n) is 12.6. The molecule has 1 unspecified atom stereocenters. The Hall–Kier alpha value is -2.13. The average Bonchev–Trinajstić information content (AvgIpc) is 2.56. The number of hydrogen-bond acceptors (Lipinski definition) is 2. The molecular weight excluding hydrogens is 260 g/mol. The predicted molar refractivity (Wildman–Crippen MR) is 87.3 cm³/mol. The molecule has 0 aliphatic heterocycles. The lowest BCUT2D eigenvalue weighted by Gasteiger charge is -2.21. The van der Waals surface area contributed by atoms with Crippen LogP contribution in [0, 0.1) is 0 Å². The largest absolute Gasteiger partial charge is 0.314 e. The van der Waals surface area contributed by atoms with Crippen molar-refractivity contribution in [3.8, 4) is 0 Å². The molecular formula is C18H22N2O. The van der Waals surface area contributed by atoms with Gasteiger partial charge in [0.05, 0.1) is 6.54 Å². The van der Waals surface area contributed by atoms with E-state index in [0.717, 1.165) is 12.1 Å². The molecule has 2 aromatic carbocycles. The molecule has 3 heteroatoms. The zero-order chi connectivity index (χ0) is 15.1. The molecule has 2 rings (SSSR count). The molecule has 0 aromatic heterocycles. The summed E-state index contributed by atoms with van der Waals surface area (Å²) in [5, 5.41) is 3.34. The van der Waals surface area contributed by atoms with Crippen LogP contribution in [0.1, 0.15) is 24.9 Å². The quantitative estimate of drug-likeness (QED) is 0.881. The van der Waals surface area contributed by atoms with Crippen molar-refractivity contribution >= 4 is 11.6 Å². The molecule has 0 radical (unpaired) electrons. The van der Waals surface area contributed by atoms with E-state index in [1.54, 1.807) is 4.90 Å². The first kappa shape index (κ1) is 15.3. The number of benzene rings is 2. The number of carbonyl (C=O) groups is 1. The van der Waals surface area contributed by atoms with Crippen molar-refractivity contribution < 1.29 is 4.79 Å². The molecule has 21 heavy (non-hydrogen) atoms. The minimum atomic E-state index is 0.0654. The molecule has 0 heterocycles. The molecule has 0 aliphatic rings. The van der Waals surface area contributed by atoms with E-state index < -0.39 is 0 Å². The fourth-order valence-electron chi connectivity index (χ4n) is 2.31. The predicted octanol–water partition coefficient (Wildman–Crippen LogP) is 3.39. The molecule has 0 saturated carbocycles. The van der Waals surface area contributed by atoms with Crippen LogP contribution in [0.3, 0.4) is 0 Å². The third-order valence-electron chi connectivity index (χ3n) is 3.63. The molecule has 1 N–H and O–H groups in total. The van der Waals surface area contributed by atoms with E-state index in [0.29, 0.717) is 6.54 Å². The summed E-state index contributed by atoms with van der Waals surface area (Å²) >= 11 is 0. The van der Waals surface area contributed by atoms with Gasteiger partial charge >= 0.3 is 0 Å². The van der Waals surface area contributed by atoms with Crippen molar-refractivity contribution in [2.75, 3.05) is 18.5 Å². The standard InChI is InChI=1S/C18H22N2O/c1-3-17(15-10-6-4-7-11-15)19-14-18(21)20(2)16-12-8-5-9-13-16/h4-13,17,19H,3,14H2,1-2H3. The Bertz CT molecular complexity index is 554. The van der Waals surface area contributed by atoms with Gasteiger partial charge in [-0.3, -0.25) is 4.79 Å². The highest BCUT2D eigenvalue weighted by atomic mass is 16.2. The minimum Gasteiger partial charge on any atom is -0.314 e. The molecule has 0 bridgehead atoms. The van der Waals surface area contributed by atoms with Gasteiger partial charge in [0.15, 0.2) is 0 Å². The highest BCUT2D eigenvalue weighted by Gasteiger charge is 2.14. The van der Waals surface area contributed by atoms with Gasteiger partial charge in [0.25, 0.3) is 0 Å². The summed E-state index contributed by atoms with van der Waals surface area (Å²) in [6, 6.07) is 20.1. The Labute approximate surface area is 126 Å². The number of nitrogens with zero attached hydrogens (tertiary/aromatic N) is 1. The van der Waals surface area contributed by atoms with Gasteiger partial charge in [-0.15, -0.1) is 0 Å². The number of hydrogen-bond donors (Lipinski definition) is 1. The van der Waals surface area contributed by atoms with Gasteiger partial charge in [0, 0.05) is 18.8 Å². The second kappa shape index (κ2) is 7.60. The van der Waals surface area contributed by atoms with Crippen LogP contribution >= 0.6 is 0 Å². The molecule has 3 nitrogen and oxygen atoms in total. The van der Waals surface area contributed by atoms with E-state index in [4.69, 9.17) is 0 Å². The van der Waals surface area contributed by atoms with Crippen LogP contribution in [0.2, 0.25) is 0 Å². The van der Waals surface area contributed by atoms with Crippen LogP contribution in [0.5, 0.6) is 0 Å². The molecule has 1 atom stereocenters. The summed E-state index contributed by atoms with van der Waals surface area (Å²) in [6.07, 6.45) is 0.951. The van der Waals surface area contributed by atoms with Crippen molar-refractivity contribution in [1.82, 2.24) is 5.32 Å². The van der Waals surface area contributed by atoms with Crippen molar-refractivity contribution in [1.29, 1.82) is 0 Å². The number of likely N-dealkylation sites (N-methyl/N-ethyl adjacent to an activating group) is 1. The highest BCUT2D eigenvalue weighted by molar-refractivity contribution is 5.94. The Balaban J connectivity index is 1.94. The molecule has 0 aliphatic carbocycles. The summed E-state index contributed by atoms with van der Waals surface area (Å²) in [4.78, 5) is 13.9. The van der Waals surface area contributed by atoms with Crippen LogP contribution < -0.4 is 10.2 Å². The maximum Gasteiger partial charge on any atom is 0.240 e. The number of amides is 1. The summed E-state index contributed by atoms with van der Waals surface area (Å²) in [7, 11) is 1.81. The summed E-state index contributed by atoms with van der Waals surface area (Å²) in [6.45, 7) is 2.45. The first-order chi connectivity index (χ1) is 10.2. The third-order valence-corrected chi connectivity index (χ3v) is 3.63. The fourth-order valence-corrected chi connectivity index (χ4v) is 2.31. The van der Waals surface area contributed by atoms with Crippen LogP contribution in [0.25, 0.3) is 0 Å². The minimum absolute atomic E-state index is 0.0654. The molecule has 0 spiro atoms. The Kier molecular flexibility index (Phi) is 5.52. The fraction of sp³-hybridized carbons (Fsp3) is 0.278. The van der Waals surface area contributed by atoms with Gasteiger partial charge in [0.2, 0.25) is 5.91 Å². The van der Waals surface area contributed by atoms with Gasteiger partial charge in [-0.05, 0) is 24.1 Å². The van der Waals surface area contributed by atoms with E-state index in [1.165, 1.54) is 5.56 Å². The van der Waals surface area contributed by atoms with Crippen molar-refractivity contribution in [3.05, 3.63) is 66.2 Å². The van der Waals surface area contributed by atoms with Gasteiger partial charge in [0.1, 0.15) is 0 Å². The lowest BCUT2D eigenvalue weighted by Crippen LogP contribution is -2.37. The normalized spacial score (nSPS) is 11.9. The van der Waals surface area contributed by atoms with Gasteiger partial charge in [-0.25, -0.2) is 0 Å².